The third kappa shape index (κ3) is 19.8. The first kappa shape index (κ1) is 49.1. The van der Waals surface area contributed by atoms with Gasteiger partial charge in [-0.15, -0.1) is 0 Å². The van der Waals surface area contributed by atoms with E-state index in [2.05, 4.69) is 31.9 Å². The number of hydrogen-bond acceptors (Lipinski definition) is 12. The lowest BCUT2D eigenvalue weighted by Gasteiger charge is -2.28. The fraction of sp³-hybridized carbons (Fsp3) is 0.727. The number of aliphatic hydroxyl groups excluding tert-OH is 1. The normalized spacial score (nSPS) is 15.0. The zero-order chi connectivity index (χ0) is 41.7. The van der Waals surface area contributed by atoms with Gasteiger partial charge in [-0.1, -0.05) is 27.7 Å². The van der Waals surface area contributed by atoms with Crippen molar-refractivity contribution in [3.8, 4) is 0 Å². The van der Waals surface area contributed by atoms with Gasteiger partial charge in [0, 0.05) is 6.42 Å². The van der Waals surface area contributed by atoms with Crippen molar-refractivity contribution in [2.45, 2.75) is 128 Å². The molecule has 0 radical (unpaired) electrons. The molecule has 7 atom stereocenters. The van der Waals surface area contributed by atoms with E-state index in [9.17, 15) is 58.5 Å². The Hall–Kier alpha value is -4.89. The molecular weight excluding hydrogens is 714 g/mol. The van der Waals surface area contributed by atoms with E-state index in [1.54, 1.807) is 27.7 Å². The minimum absolute atomic E-state index is 0.0335. The lowest BCUT2D eigenvalue weighted by Crippen LogP contribution is -2.60. The maximum atomic E-state index is 13.6. The van der Waals surface area contributed by atoms with Gasteiger partial charge in [0.2, 0.25) is 41.4 Å². The Kier molecular flexibility index (Phi) is 22.9. The maximum absolute atomic E-state index is 13.6. The first-order chi connectivity index (χ1) is 25.1. The molecule has 0 aromatic carbocycles. The average molecular weight is 774 g/mol. The van der Waals surface area contributed by atoms with E-state index >= 15 is 0 Å². The van der Waals surface area contributed by atoms with E-state index in [0.29, 0.717) is 19.4 Å². The van der Waals surface area contributed by atoms with Crippen LogP contribution in [0.3, 0.4) is 0 Å². The van der Waals surface area contributed by atoms with Crippen LogP contribution in [-0.4, -0.2) is 124 Å². The SMILES string of the molecule is CC(C)C[C@H](NC(=O)[C@H](CC(C)C)NC(=O)[C@@H](N)CO)C(=O)N[C@@H](CCC(=O)O)C(=O)N[C@@H](CC(N)=O)C(=O)N[C@@H](C)C(=O)N[C@@H](CCCCN)C(=O)O. The summed E-state index contributed by atoms with van der Waals surface area (Å²) >= 11 is 0. The molecule has 0 saturated heterocycles. The molecule has 0 aliphatic rings. The lowest BCUT2D eigenvalue weighted by atomic mass is 9.99. The van der Waals surface area contributed by atoms with E-state index in [-0.39, 0.29) is 31.1 Å². The highest BCUT2D eigenvalue weighted by atomic mass is 16.4. The molecule has 7 amide bonds. The van der Waals surface area contributed by atoms with Crippen molar-refractivity contribution in [1.29, 1.82) is 0 Å². The summed E-state index contributed by atoms with van der Waals surface area (Å²) in [6.45, 7) is 7.91. The van der Waals surface area contributed by atoms with E-state index in [4.69, 9.17) is 17.2 Å². The van der Waals surface area contributed by atoms with Gasteiger partial charge in [-0.05, 0) is 63.8 Å². The molecule has 0 fully saturated rings. The van der Waals surface area contributed by atoms with E-state index in [1.165, 1.54) is 6.92 Å². The molecule has 21 heteroatoms. The van der Waals surface area contributed by atoms with Crippen LogP contribution >= 0.6 is 0 Å². The summed E-state index contributed by atoms with van der Waals surface area (Å²) in [5.74, 6) is -9.56. The number of amides is 7. The van der Waals surface area contributed by atoms with Crippen LogP contribution in [0.2, 0.25) is 0 Å². The number of rotatable bonds is 27. The standard InChI is InChI=1S/C33H59N9O12/c1-16(2)12-22(40-28(48)19(35)15-43)32(52)41-23(13-17(3)4)31(51)38-20(9-10-26(45)46)29(49)42-24(14-25(36)44)30(50)37-18(5)27(47)39-21(33(53)54)8-6-7-11-34/h16-24,43H,6-15,34-35H2,1-5H3,(H2,36,44)(H,37,50)(H,38,51)(H,39,47)(H,40,48)(H,41,52)(H,42,49)(H,45,46)(H,53,54)/t18-,19-,20-,21-,22-,23-,24-/m0/s1. The van der Waals surface area contributed by atoms with Gasteiger partial charge in [0.25, 0.3) is 0 Å². The summed E-state index contributed by atoms with van der Waals surface area (Å²) < 4.78 is 0. The minimum Gasteiger partial charge on any atom is -0.481 e. The number of aliphatic carboxylic acids is 2. The number of primary amides is 1. The van der Waals surface area contributed by atoms with Crippen molar-refractivity contribution >= 4 is 53.3 Å². The predicted octanol–water partition coefficient (Wildman–Crippen LogP) is -3.72. The number of hydrogen-bond donors (Lipinski definition) is 12. The van der Waals surface area contributed by atoms with Gasteiger partial charge in [0.15, 0.2) is 0 Å². The van der Waals surface area contributed by atoms with Crippen molar-refractivity contribution in [3.63, 3.8) is 0 Å². The molecule has 308 valence electrons. The summed E-state index contributed by atoms with van der Waals surface area (Å²) in [4.78, 5) is 114. The lowest BCUT2D eigenvalue weighted by molar-refractivity contribution is -0.142. The van der Waals surface area contributed by atoms with Crippen molar-refractivity contribution < 1.29 is 58.5 Å². The van der Waals surface area contributed by atoms with Crippen LogP contribution in [0.25, 0.3) is 0 Å². The van der Waals surface area contributed by atoms with Crippen LogP contribution in [0.5, 0.6) is 0 Å². The maximum Gasteiger partial charge on any atom is 0.326 e. The van der Waals surface area contributed by atoms with Crippen LogP contribution < -0.4 is 49.1 Å². The number of carboxylic acid groups (broad SMARTS) is 2. The first-order valence-corrected chi connectivity index (χ1v) is 17.7. The molecule has 0 heterocycles. The van der Waals surface area contributed by atoms with Crippen molar-refractivity contribution in [2.75, 3.05) is 13.2 Å². The molecule has 0 aliphatic heterocycles. The topological polar surface area (TPSA) is 365 Å². The third-order valence-electron chi connectivity index (χ3n) is 7.85. The molecule has 0 unspecified atom stereocenters. The molecule has 0 aliphatic carbocycles. The van der Waals surface area contributed by atoms with Gasteiger partial charge in [-0.2, -0.15) is 0 Å². The van der Waals surface area contributed by atoms with Crippen LogP contribution in [0, 0.1) is 11.8 Å². The number of nitrogens with one attached hydrogen (secondary N) is 6. The van der Waals surface area contributed by atoms with E-state index in [0.717, 1.165) is 0 Å². The van der Waals surface area contributed by atoms with Gasteiger partial charge in [0.1, 0.15) is 42.3 Å². The van der Waals surface area contributed by atoms with E-state index in [1.807, 2.05) is 0 Å². The van der Waals surface area contributed by atoms with E-state index < -0.39 is 121 Å². The Bertz CT molecular complexity index is 1310. The highest BCUT2D eigenvalue weighted by Crippen LogP contribution is 2.11. The van der Waals surface area contributed by atoms with Crippen molar-refractivity contribution in [2.24, 2.45) is 29.0 Å². The fourth-order valence-electron chi connectivity index (χ4n) is 4.96. The Balaban J connectivity index is 6.15. The highest BCUT2D eigenvalue weighted by molar-refractivity contribution is 5.98. The summed E-state index contributed by atoms with van der Waals surface area (Å²) in [6, 6.07) is -9.74. The largest absolute Gasteiger partial charge is 0.481 e. The number of carbonyl (C=O) groups excluding carboxylic acids is 7. The Morgan fingerprint density at radius 1 is 0.574 bits per heavy atom. The number of carbonyl (C=O) groups is 9. The molecule has 0 spiro atoms. The molecular formula is C33H59N9O12. The quantitative estimate of drug-likeness (QED) is 0.0357. The Morgan fingerprint density at radius 3 is 1.46 bits per heavy atom. The number of carboxylic acids is 2. The summed E-state index contributed by atoms with van der Waals surface area (Å²) in [7, 11) is 0. The molecule has 54 heavy (non-hydrogen) atoms. The smallest absolute Gasteiger partial charge is 0.326 e. The second-order valence-corrected chi connectivity index (χ2v) is 13.8. The van der Waals surface area contributed by atoms with Gasteiger partial charge >= 0.3 is 11.9 Å². The molecule has 0 aromatic heterocycles. The summed E-state index contributed by atoms with van der Waals surface area (Å²) in [5, 5.41) is 42.2. The predicted molar refractivity (Wildman–Crippen MR) is 192 cm³/mol. The number of nitrogens with two attached hydrogens (primary N) is 3. The monoisotopic (exact) mass is 773 g/mol. The zero-order valence-corrected chi connectivity index (χ0v) is 31.5. The highest BCUT2D eigenvalue weighted by Gasteiger charge is 2.34. The molecule has 0 aromatic rings. The van der Waals surface area contributed by atoms with Crippen LogP contribution in [0.4, 0.5) is 0 Å². The second kappa shape index (κ2) is 25.2. The van der Waals surface area contributed by atoms with Crippen LogP contribution in [0.15, 0.2) is 0 Å². The van der Waals surface area contributed by atoms with Crippen molar-refractivity contribution in [3.05, 3.63) is 0 Å². The van der Waals surface area contributed by atoms with Crippen molar-refractivity contribution in [1.82, 2.24) is 31.9 Å². The second-order valence-electron chi connectivity index (χ2n) is 13.8. The van der Waals surface area contributed by atoms with Gasteiger partial charge in [-0.3, -0.25) is 38.4 Å². The number of unbranched alkanes of at least 4 members (excludes halogenated alkanes) is 1. The number of aliphatic hydroxyl groups is 1. The molecule has 0 rings (SSSR count). The molecule has 21 nitrogen and oxygen atoms in total. The summed E-state index contributed by atoms with van der Waals surface area (Å²) in [5.41, 5.74) is 16.3. The molecule has 15 N–H and O–H groups in total. The van der Waals surface area contributed by atoms with Gasteiger partial charge in [0.05, 0.1) is 13.0 Å². The molecule has 0 bridgehead atoms. The first-order valence-electron chi connectivity index (χ1n) is 17.7. The Labute approximate surface area is 314 Å². The third-order valence-corrected chi connectivity index (χ3v) is 7.85. The van der Waals surface area contributed by atoms with Crippen LogP contribution in [-0.2, 0) is 43.2 Å². The zero-order valence-electron chi connectivity index (χ0n) is 31.5. The van der Waals surface area contributed by atoms with Crippen LogP contribution in [0.1, 0.15) is 86.0 Å². The fourth-order valence-corrected chi connectivity index (χ4v) is 4.96. The Morgan fingerprint density at radius 2 is 1.02 bits per heavy atom. The minimum atomic E-state index is -1.72. The summed E-state index contributed by atoms with van der Waals surface area (Å²) in [6.07, 6.45) is -0.752. The van der Waals surface area contributed by atoms with Gasteiger partial charge < -0.3 is 64.4 Å². The average Bonchev–Trinajstić information content (AvgIpc) is 3.07. The molecule has 0 saturated carbocycles. The van der Waals surface area contributed by atoms with Gasteiger partial charge in [-0.25, -0.2) is 4.79 Å².